The van der Waals surface area contributed by atoms with Crippen LogP contribution in [0.25, 0.3) is 6.08 Å². The Morgan fingerprint density at radius 1 is 1.41 bits per heavy atom. The van der Waals surface area contributed by atoms with Gasteiger partial charge in [0.05, 0.1) is 7.11 Å². The molecular weight excluding hydrogens is 228 g/mol. The normalized spacial score (nSPS) is 10.8. The Balaban J connectivity index is 3.05. The first-order chi connectivity index (χ1) is 8.10. The Morgan fingerprint density at radius 2 is 2.00 bits per heavy atom. The highest BCUT2D eigenvalue weighted by Gasteiger charge is 2.18. The van der Waals surface area contributed by atoms with E-state index in [9.17, 15) is 13.6 Å². The number of nitrogens with two attached hydrogens (primary N) is 1. The Labute approximate surface area is 97.9 Å². The standard InChI is InChI=1S/C12H13F2NO2/c1-17-12(16)11-9(13)6-8(7-10(11)14)4-2-3-5-15/h2,4,6-7H,3,5,15H2,1H3. The molecule has 1 aromatic carbocycles. The van der Waals surface area contributed by atoms with Gasteiger partial charge in [-0.1, -0.05) is 12.2 Å². The van der Waals surface area contributed by atoms with Crippen LogP contribution in [0, 0.1) is 11.6 Å². The van der Waals surface area contributed by atoms with Crippen molar-refractivity contribution >= 4 is 12.0 Å². The molecular formula is C12H13F2NO2. The molecule has 17 heavy (non-hydrogen) atoms. The molecule has 5 heteroatoms. The minimum Gasteiger partial charge on any atom is -0.465 e. The van der Waals surface area contributed by atoms with Crippen LogP contribution < -0.4 is 5.73 Å². The summed E-state index contributed by atoms with van der Waals surface area (Å²) < 4.78 is 31.2. The van der Waals surface area contributed by atoms with E-state index >= 15 is 0 Å². The second-order valence-corrected chi connectivity index (χ2v) is 3.33. The van der Waals surface area contributed by atoms with Crippen molar-refractivity contribution < 1.29 is 18.3 Å². The molecule has 0 bridgehead atoms. The maximum absolute atomic E-state index is 13.5. The van der Waals surface area contributed by atoms with Gasteiger partial charge >= 0.3 is 5.97 Å². The molecule has 0 spiro atoms. The van der Waals surface area contributed by atoms with E-state index in [1.807, 2.05) is 0 Å². The fraction of sp³-hybridized carbons (Fsp3) is 0.250. The maximum atomic E-state index is 13.5. The molecule has 92 valence electrons. The largest absolute Gasteiger partial charge is 0.465 e. The van der Waals surface area contributed by atoms with E-state index in [2.05, 4.69) is 4.74 Å². The van der Waals surface area contributed by atoms with E-state index in [0.29, 0.717) is 18.5 Å². The van der Waals surface area contributed by atoms with Crippen molar-refractivity contribution in [3.05, 3.63) is 41.0 Å². The van der Waals surface area contributed by atoms with Gasteiger partial charge in [-0.05, 0) is 30.7 Å². The first-order valence-corrected chi connectivity index (χ1v) is 5.04. The summed E-state index contributed by atoms with van der Waals surface area (Å²) in [7, 11) is 1.07. The van der Waals surface area contributed by atoms with Crippen molar-refractivity contribution in [2.24, 2.45) is 5.73 Å². The number of benzene rings is 1. The van der Waals surface area contributed by atoms with Gasteiger partial charge in [-0.3, -0.25) is 0 Å². The number of carbonyl (C=O) groups is 1. The summed E-state index contributed by atoms with van der Waals surface area (Å²) in [4.78, 5) is 11.1. The lowest BCUT2D eigenvalue weighted by molar-refractivity contribution is 0.0590. The zero-order chi connectivity index (χ0) is 12.8. The summed E-state index contributed by atoms with van der Waals surface area (Å²) in [6.45, 7) is 0.460. The van der Waals surface area contributed by atoms with E-state index in [1.165, 1.54) is 0 Å². The zero-order valence-electron chi connectivity index (χ0n) is 9.37. The molecule has 0 saturated heterocycles. The third-order valence-corrected chi connectivity index (χ3v) is 2.10. The van der Waals surface area contributed by atoms with E-state index in [-0.39, 0.29) is 0 Å². The fourth-order valence-electron chi connectivity index (χ4n) is 1.30. The number of esters is 1. The van der Waals surface area contributed by atoms with Gasteiger partial charge in [0, 0.05) is 0 Å². The van der Waals surface area contributed by atoms with Crippen molar-refractivity contribution in [1.82, 2.24) is 0 Å². The number of hydrogen-bond donors (Lipinski definition) is 1. The SMILES string of the molecule is COC(=O)c1c(F)cc(C=CCCN)cc1F. The predicted octanol–water partition coefficient (Wildman–Crippen LogP) is 2.11. The van der Waals surface area contributed by atoms with Crippen LogP contribution in [0.15, 0.2) is 18.2 Å². The summed E-state index contributed by atoms with van der Waals surface area (Å²) in [5.74, 6) is -2.91. The van der Waals surface area contributed by atoms with Crippen LogP contribution in [-0.2, 0) is 4.74 Å². The van der Waals surface area contributed by atoms with Crippen LogP contribution >= 0.6 is 0 Å². The van der Waals surface area contributed by atoms with Crippen molar-refractivity contribution in [2.75, 3.05) is 13.7 Å². The van der Waals surface area contributed by atoms with Crippen LogP contribution in [0.3, 0.4) is 0 Å². The minimum absolute atomic E-state index is 0.334. The minimum atomic E-state index is -1.03. The molecule has 0 amide bonds. The van der Waals surface area contributed by atoms with E-state index in [0.717, 1.165) is 19.2 Å². The first-order valence-electron chi connectivity index (χ1n) is 5.04. The van der Waals surface area contributed by atoms with Crippen LogP contribution in [0.5, 0.6) is 0 Å². The van der Waals surface area contributed by atoms with Crippen LogP contribution in [0.2, 0.25) is 0 Å². The summed E-state index contributed by atoms with van der Waals surface area (Å²) in [6.07, 6.45) is 3.86. The Kier molecular flexibility index (Phi) is 4.78. The van der Waals surface area contributed by atoms with Crippen molar-refractivity contribution in [2.45, 2.75) is 6.42 Å². The molecule has 3 nitrogen and oxygen atoms in total. The molecule has 0 saturated carbocycles. The molecule has 0 atom stereocenters. The summed E-state index contributed by atoms with van der Waals surface area (Å²) in [5, 5.41) is 0. The molecule has 0 aliphatic heterocycles. The second kappa shape index (κ2) is 6.10. The van der Waals surface area contributed by atoms with Gasteiger partial charge in [0.2, 0.25) is 0 Å². The highest BCUT2D eigenvalue weighted by Crippen LogP contribution is 2.17. The van der Waals surface area contributed by atoms with Crippen LogP contribution in [-0.4, -0.2) is 19.6 Å². The van der Waals surface area contributed by atoms with Gasteiger partial charge < -0.3 is 10.5 Å². The second-order valence-electron chi connectivity index (χ2n) is 3.33. The Hall–Kier alpha value is -1.75. The average Bonchev–Trinajstić information content (AvgIpc) is 2.28. The molecule has 0 fully saturated rings. The molecule has 0 aromatic heterocycles. The number of methoxy groups -OCH3 is 1. The summed E-state index contributed by atoms with van der Waals surface area (Å²) in [6, 6.07) is 2.14. The van der Waals surface area contributed by atoms with Gasteiger partial charge in [-0.25, -0.2) is 13.6 Å². The van der Waals surface area contributed by atoms with Gasteiger partial charge in [0.1, 0.15) is 17.2 Å². The molecule has 1 aromatic rings. The van der Waals surface area contributed by atoms with Gasteiger partial charge in [0.15, 0.2) is 0 Å². The maximum Gasteiger partial charge on any atom is 0.343 e. The first kappa shape index (κ1) is 13.3. The topological polar surface area (TPSA) is 52.3 Å². The summed E-state index contributed by atoms with van der Waals surface area (Å²) >= 11 is 0. The Morgan fingerprint density at radius 3 is 2.47 bits per heavy atom. The van der Waals surface area contributed by atoms with Crippen molar-refractivity contribution in [1.29, 1.82) is 0 Å². The quantitative estimate of drug-likeness (QED) is 0.821. The summed E-state index contributed by atoms with van der Waals surface area (Å²) in [5.41, 5.74) is 4.93. The number of halogens is 2. The number of ether oxygens (including phenoxy) is 1. The number of carbonyl (C=O) groups excluding carboxylic acids is 1. The van der Waals surface area contributed by atoms with Gasteiger partial charge in [-0.2, -0.15) is 0 Å². The number of hydrogen-bond acceptors (Lipinski definition) is 3. The fourth-order valence-corrected chi connectivity index (χ4v) is 1.30. The molecule has 0 unspecified atom stereocenters. The highest BCUT2D eigenvalue weighted by atomic mass is 19.1. The van der Waals surface area contributed by atoms with E-state index in [4.69, 9.17) is 5.73 Å². The van der Waals surface area contributed by atoms with Crippen molar-refractivity contribution in [3.63, 3.8) is 0 Å². The molecule has 2 N–H and O–H groups in total. The Bertz CT molecular complexity index is 421. The van der Waals surface area contributed by atoms with Crippen LogP contribution in [0.1, 0.15) is 22.3 Å². The van der Waals surface area contributed by atoms with Gasteiger partial charge in [-0.15, -0.1) is 0 Å². The van der Waals surface area contributed by atoms with E-state index in [1.54, 1.807) is 12.2 Å². The third kappa shape index (κ3) is 3.35. The van der Waals surface area contributed by atoms with Crippen LogP contribution in [0.4, 0.5) is 8.78 Å². The zero-order valence-corrected chi connectivity index (χ0v) is 9.37. The van der Waals surface area contributed by atoms with E-state index < -0.39 is 23.2 Å². The number of rotatable bonds is 4. The highest BCUT2D eigenvalue weighted by molar-refractivity contribution is 5.90. The molecule has 0 aliphatic rings. The predicted molar refractivity (Wildman–Crippen MR) is 60.4 cm³/mol. The lowest BCUT2D eigenvalue weighted by Crippen LogP contribution is -2.08. The smallest absolute Gasteiger partial charge is 0.343 e. The monoisotopic (exact) mass is 241 g/mol. The lowest BCUT2D eigenvalue weighted by Gasteiger charge is -2.04. The average molecular weight is 241 g/mol. The molecule has 1 rings (SSSR count). The lowest BCUT2D eigenvalue weighted by atomic mass is 10.1. The molecule has 0 heterocycles. The third-order valence-electron chi connectivity index (χ3n) is 2.10. The molecule has 0 radical (unpaired) electrons. The van der Waals surface area contributed by atoms with Crippen molar-refractivity contribution in [3.8, 4) is 0 Å². The van der Waals surface area contributed by atoms with Gasteiger partial charge in [0.25, 0.3) is 0 Å². The molecule has 0 aliphatic carbocycles.